The van der Waals surface area contributed by atoms with Gasteiger partial charge in [0, 0.05) is 13.2 Å². The van der Waals surface area contributed by atoms with Crippen LogP contribution in [0, 0.1) is 0 Å². The SMILES string of the molecule is CC(CN)S(=O)(=O)C1CCOC1. The Kier molecular flexibility index (Phi) is 3.09. The van der Waals surface area contributed by atoms with Crippen molar-refractivity contribution in [2.24, 2.45) is 5.73 Å². The number of hydrogen-bond acceptors (Lipinski definition) is 4. The molecular weight excluding hydrogens is 178 g/mol. The van der Waals surface area contributed by atoms with E-state index in [4.69, 9.17) is 10.5 Å². The Balaban J connectivity index is 2.70. The average Bonchev–Trinajstić information content (AvgIpc) is 2.55. The Morgan fingerprint density at radius 3 is 2.75 bits per heavy atom. The summed E-state index contributed by atoms with van der Waals surface area (Å²) in [5.74, 6) is 0. The third-order valence-corrected chi connectivity index (χ3v) is 4.86. The van der Waals surface area contributed by atoms with Crippen LogP contribution in [0.3, 0.4) is 0 Å². The summed E-state index contributed by atoms with van der Waals surface area (Å²) in [6, 6.07) is 0. The van der Waals surface area contributed by atoms with E-state index in [2.05, 4.69) is 0 Å². The molecule has 72 valence electrons. The van der Waals surface area contributed by atoms with Crippen LogP contribution in [0.15, 0.2) is 0 Å². The third kappa shape index (κ3) is 1.78. The van der Waals surface area contributed by atoms with Crippen molar-refractivity contribution in [3.05, 3.63) is 0 Å². The molecule has 1 saturated heterocycles. The molecule has 1 heterocycles. The highest BCUT2D eigenvalue weighted by molar-refractivity contribution is 7.92. The molecule has 0 aromatic heterocycles. The molecule has 0 aliphatic carbocycles. The van der Waals surface area contributed by atoms with Crippen LogP contribution in [0.2, 0.25) is 0 Å². The van der Waals surface area contributed by atoms with Crippen molar-refractivity contribution in [2.75, 3.05) is 19.8 Å². The largest absolute Gasteiger partial charge is 0.380 e. The smallest absolute Gasteiger partial charge is 0.159 e. The lowest BCUT2D eigenvalue weighted by Crippen LogP contribution is -2.35. The van der Waals surface area contributed by atoms with E-state index in [0.717, 1.165) is 0 Å². The Bertz CT molecular complexity index is 231. The molecule has 5 heteroatoms. The molecule has 0 aromatic carbocycles. The summed E-state index contributed by atoms with van der Waals surface area (Å²) in [4.78, 5) is 0. The molecule has 1 fully saturated rings. The Morgan fingerprint density at radius 1 is 1.67 bits per heavy atom. The summed E-state index contributed by atoms with van der Waals surface area (Å²) in [6.07, 6.45) is 0.618. The van der Waals surface area contributed by atoms with Crippen LogP contribution in [-0.2, 0) is 14.6 Å². The zero-order chi connectivity index (χ0) is 9.19. The van der Waals surface area contributed by atoms with Crippen molar-refractivity contribution < 1.29 is 13.2 Å². The summed E-state index contributed by atoms with van der Waals surface area (Å²) < 4.78 is 28.2. The van der Waals surface area contributed by atoms with Crippen LogP contribution >= 0.6 is 0 Å². The number of rotatable bonds is 3. The van der Waals surface area contributed by atoms with Gasteiger partial charge in [0.2, 0.25) is 0 Å². The molecule has 2 unspecified atom stereocenters. The molecule has 0 saturated carbocycles. The van der Waals surface area contributed by atoms with Gasteiger partial charge in [-0.05, 0) is 13.3 Å². The molecule has 2 N–H and O–H groups in total. The average molecular weight is 193 g/mol. The fourth-order valence-corrected chi connectivity index (χ4v) is 2.87. The van der Waals surface area contributed by atoms with Crippen LogP contribution < -0.4 is 5.73 Å². The highest BCUT2D eigenvalue weighted by Crippen LogP contribution is 2.17. The summed E-state index contributed by atoms with van der Waals surface area (Å²) in [5, 5.41) is -0.764. The number of hydrogen-bond donors (Lipinski definition) is 1. The number of nitrogens with two attached hydrogens (primary N) is 1. The topological polar surface area (TPSA) is 69.4 Å². The minimum Gasteiger partial charge on any atom is -0.380 e. The van der Waals surface area contributed by atoms with E-state index in [1.54, 1.807) is 6.92 Å². The summed E-state index contributed by atoms with van der Waals surface area (Å²) in [5.41, 5.74) is 5.31. The van der Waals surface area contributed by atoms with Gasteiger partial charge in [0.15, 0.2) is 9.84 Å². The van der Waals surface area contributed by atoms with E-state index in [9.17, 15) is 8.42 Å². The minimum atomic E-state index is -3.04. The Labute approximate surface area is 73.0 Å². The molecule has 0 radical (unpaired) electrons. The molecule has 0 spiro atoms. The van der Waals surface area contributed by atoms with Gasteiger partial charge in [-0.25, -0.2) is 8.42 Å². The first-order valence-electron chi connectivity index (χ1n) is 4.09. The van der Waals surface area contributed by atoms with Crippen molar-refractivity contribution in [2.45, 2.75) is 23.8 Å². The lowest BCUT2D eigenvalue weighted by Gasteiger charge is -2.14. The van der Waals surface area contributed by atoms with Crippen molar-refractivity contribution in [3.63, 3.8) is 0 Å². The van der Waals surface area contributed by atoms with Crippen LogP contribution in [0.25, 0.3) is 0 Å². The van der Waals surface area contributed by atoms with Crippen molar-refractivity contribution in [1.82, 2.24) is 0 Å². The fourth-order valence-electron chi connectivity index (χ4n) is 1.23. The van der Waals surface area contributed by atoms with Crippen LogP contribution in [-0.4, -0.2) is 38.7 Å². The second-order valence-electron chi connectivity index (χ2n) is 3.12. The minimum absolute atomic E-state index is 0.193. The highest BCUT2D eigenvalue weighted by atomic mass is 32.2. The first kappa shape index (κ1) is 9.95. The van der Waals surface area contributed by atoms with Crippen molar-refractivity contribution in [1.29, 1.82) is 0 Å². The lowest BCUT2D eigenvalue weighted by molar-refractivity contribution is 0.198. The molecule has 1 rings (SSSR count). The maximum absolute atomic E-state index is 11.6. The maximum Gasteiger partial charge on any atom is 0.159 e. The normalized spacial score (nSPS) is 27.3. The molecule has 0 bridgehead atoms. The number of ether oxygens (including phenoxy) is 1. The zero-order valence-corrected chi connectivity index (χ0v) is 8.01. The first-order valence-corrected chi connectivity index (χ1v) is 5.70. The van der Waals surface area contributed by atoms with Gasteiger partial charge in [-0.3, -0.25) is 0 Å². The van der Waals surface area contributed by atoms with Crippen LogP contribution in [0.1, 0.15) is 13.3 Å². The summed E-state index contributed by atoms with van der Waals surface area (Å²) in [6.45, 7) is 2.74. The maximum atomic E-state index is 11.6. The third-order valence-electron chi connectivity index (χ3n) is 2.25. The van der Waals surface area contributed by atoms with Gasteiger partial charge in [-0.2, -0.15) is 0 Å². The van der Waals surface area contributed by atoms with Crippen molar-refractivity contribution >= 4 is 9.84 Å². The highest BCUT2D eigenvalue weighted by Gasteiger charge is 2.33. The molecule has 0 amide bonds. The van der Waals surface area contributed by atoms with Crippen molar-refractivity contribution in [3.8, 4) is 0 Å². The number of sulfone groups is 1. The second kappa shape index (κ2) is 3.72. The van der Waals surface area contributed by atoms with Gasteiger partial charge >= 0.3 is 0 Å². The van der Waals surface area contributed by atoms with Gasteiger partial charge in [0.05, 0.1) is 17.1 Å². The Hall–Kier alpha value is -0.130. The predicted molar refractivity (Wildman–Crippen MR) is 46.7 cm³/mol. The van der Waals surface area contributed by atoms with E-state index in [-0.39, 0.29) is 11.8 Å². The molecule has 1 aliphatic rings. The quantitative estimate of drug-likeness (QED) is 0.658. The van der Waals surface area contributed by atoms with Gasteiger partial charge in [-0.1, -0.05) is 0 Å². The van der Waals surface area contributed by atoms with Gasteiger partial charge in [0.1, 0.15) is 0 Å². The van der Waals surface area contributed by atoms with Crippen LogP contribution in [0.5, 0.6) is 0 Å². The Morgan fingerprint density at radius 2 is 2.33 bits per heavy atom. The molecule has 4 nitrogen and oxygen atoms in total. The lowest BCUT2D eigenvalue weighted by atomic mass is 10.4. The fraction of sp³-hybridized carbons (Fsp3) is 1.00. The standard InChI is InChI=1S/C7H15NO3S/c1-6(4-8)12(9,10)7-2-3-11-5-7/h6-7H,2-5,8H2,1H3. The zero-order valence-electron chi connectivity index (χ0n) is 7.19. The molecule has 0 aromatic rings. The monoisotopic (exact) mass is 193 g/mol. The van der Waals surface area contributed by atoms with Gasteiger partial charge in [0.25, 0.3) is 0 Å². The van der Waals surface area contributed by atoms with E-state index in [1.165, 1.54) is 0 Å². The molecular formula is C7H15NO3S. The van der Waals surface area contributed by atoms with E-state index >= 15 is 0 Å². The molecule has 1 aliphatic heterocycles. The van der Waals surface area contributed by atoms with Gasteiger partial charge < -0.3 is 10.5 Å². The summed E-state index contributed by atoms with van der Waals surface area (Å²) >= 11 is 0. The van der Waals surface area contributed by atoms with Gasteiger partial charge in [-0.15, -0.1) is 0 Å². The predicted octanol–water partition coefficient (Wildman–Crippen LogP) is -0.463. The first-order chi connectivity index (χ1) is 5.59. The van der Waals surface area contributed by atoms with Crippen LogP contribution in [0.4, 0.5) is 0 Å². The van der Waals surface area contributed by atoms with E-state index in [1.807, 2.05) is 0 Å². The molecule has 2 atom stereocenters. The molecule has 12 heavy (non-hydrogen) atoms. The van der Waals surface area contributed by atoms with E-state index in [0.29, 0.717) is 19.6 Å². The summed E-state index contributed by atoms with van der Waals surface area (Å²) in [7, 11) is -3.04. The van der Waals surface area contributed by atoms with E-state index < -0.39 is 15.1 Å². The second-order valence-corrected chi connectivity index (χ2v) is 5.77.